The number of aromatic nitrogens is 2. The molecule has 124 valence electrons. The fourth-order valence-electron chi connectivity index (χ4n) is 2.72. The van der Waals surface area contributed by atoms with Gasteiger partial charge in [-0.3, -0.25) is 4.79 Å². The first kappa shape index (κ1) is 16.7. The Balaban J connectivity index is 2.45. The third kappa shape index (κ3) is 2.74. The maximum Gasteiger partial charge on any atom is 0.259 e. The monoisotopic (exact) mass is 365 g/mol. The second kappa shape index (κ2) is 6.07. The largest absolute Gasteiger partial charge is 0.399 e. The fraction of sp³-hybridized carbons (Fsp3) is 0.176. The topological polar surface area (TPSA) is 60.9 Å². The number of rotatable bonds is 2. The summed E-state index contributed by atoms with van der Waals surface area (Å²) in [7, 11) is 0. The van der Waals surface area contributed by atoms with Crippen molar-refractivity contribution in [1.82, 2.24) is 9.55 Å². The molecule has 0 saturated carbocycles. The van der Waals surface area contributed by atoms with E-state index in [1.165, 1.54) is 6.07 Å². The van der Waals surface area contributed by atoms with E-state index in [1.807, 2.05) is 13.8 Å². The van der Waals surface area contributed by atoms with Crippen LogP contribution in [0.5, 0.6) is 0 Å². The molecule has 0 atom stereocenters. The average molecular weight is 366 g/mol. The lowest BCUT2D eigenvalue weighted by Gasteiger charge is -2.17. The van der Waals surface area contributed by atoms with Crippen LogP contribution in [-0.2, 0) is 0 Å². The predicted molar refractivity (Wildman–Crippen MR) is 96.2 cm³/mol. The van der Waals surface area contributed by atoms with Crippen LogP contribution in [0.4, 0.5) is 10.1 Å². The Morgan fingerprint density at radius 3 is 2.54 bits per heavy atom. The SMILES string of the molecule is CC(C)n1c(=O)c(-c2cc(N)cc(F)c2Cl)cc2cnc(Cl)cc21. The van der Waals surface area contributed by atoms with Crippen LogP contribution in [0.3, 0.4) is 0 Å². The standard InChI is InChI=1S/C17H14Cl2FN3O/c1-8(2)23-14-6-15(18)22-7-9(14)3-12(17(23)24)11-4-10(21)5-13(20)16(11)19/h3-8H,21H2,1-2H3. The molecule has 0 radical (unpaired) electrons. The zero-order valence-corrected chi connectivity index (χ0v) is 14.5. The van der Waals surface area contributed by atoms with Crippen molar-refractivity contribution >= 4 is 39.8 Å². The molecule has 24 heavy (non-hydrogen) atoms. The van der Waals surface area contributed by atoms with Crippen LogP contribution >= 0.6 is 23.2 Å². The van der Waals surface area contributed by atoms with E-state index in [-0.39, 0.29) is 38.6 Å². The molecule has 0 fully saturated rings. The summed E-state index contributed by atoms with van der Waals surface area (Å²) in [5.74, 6) is -0.670. The molecule has 0 unspecified atom stereocenters. The first-order valence-electron chi connectivity index (χ1n) is 7.25. The lowest BCUT2D eigenvalue weighted by Crippen LogP contribution is -2.24. The number of halogens is 3. The quantitative estimate of drug-likeness (QED) is 0.530. The zero-order chi connectivity index (χ0) is 17.6. The van der Waals surface area contributed by atoms with E-state index in [2.05, 4.69) is 4.98 Å². The highest BCUT2D eigenvalue weighted by Crippen LogP contribution is 2.32. The Morgan fingerprint density at radius 1 is 1.17 bits per heavy atom. The summed E-state index contributed by atoms with van der Waals surface area (Å²) >= 11 is 12.0. The lowest BCUT2D eigenvalue weighted by molar-refractivity contribution is 0.601. The highest BCUT2D eigenvalue weighted by Gasteiger charge is 2.18. The summed E-state index contributed by atoms with van der Waals surface area (Å²) in [5.41, 5.74) is 6.77. The minimum atomic E-state index is -0.670. The third-order valence-corrected chi connectivity index (χ3v) is 4.34. The number of fused-ring (bicyclic) bond motifs is 1. The van der Waals surface area contributed by atoms with Gasteiger partial charge in [-0.1, -0.05) is 23.2 Å². The van der Waals surface area contributed by atoms with Gasteiger partial charge in [0.15, 0.2) is 0 Å². The number of nitrogen functional groups attached to an aromatic ring is 1. The first-order chi connectivity index (χ1) is 11.3. The molecule has 2 heterocycles. The molecule has 2 N–H and O–H groups in total. The van der Waals surface area contributed by atoms with Gasteiger partial charge in [0, 0.05) is 34.4 Å². The van der Waals surface area contributed by atoms with Crippen LogP contribution in [0.15, 0.2) is 35.3 Å². The van der Waals surface area contributed by atoms with Gasteiger partial charge in [0.2, 0.25) is 0 Å². The molecule has 4 nitrogen and oxygen atoms in total. The Kier molecular flexibility index (Phi) is 4.24. The van der Waals surface area contributed by atoms with E-state index < -0.39 is 5.82 Å². The number of pyridine rings is 2. The van der Waals surface area contributed by atoms with Gasteiger partial charge >= 0.3 is 0 Å². The summed E-state index contributed by atoms with van der Waals surface area (Å²) in [6.45, 7) is 3.75. The number of anilines is 1. The van der Waals surface area contributed by atoms with Crippen LogP contribution in [0.1, 0.15) is 19.9 Å². The van der Waals surface area contributed by atoms with Gasteiger partial charge in [0.05, 0.1) is 10.5 Å². The summed E-state index contributed by atoms with van der Waals surface area (Å²) < 4.78 is 15.5. The Bertz CT molecular complexity index is 1010. The molecule has 7 heteroatoms. The van der Waals surface area contributed by atoms with E-state index >= 15 is 0 Å². The minimum Gasteiger partial charge on any atom is -0.399 e. The molecule has 0 aliphatic rings. The van der Waals surface area contributed by atoms with Crippen molar-refractivity contribution in [2.24, 2.45) is 0 Å². The summed E-state index contributed by atoms with van der Waals surface area (Å²) in [4.78, 5) is 17.0. The maximum absolute atomic E-state index is 13.9. The number of hydrogen-bond donors (Lipinski definition) is 1. The Hall–Kier alpha value is -2.11. The van der Waals surface area contributed by atoms with Crippen molar-refractivity contribution in [3.8, 4) is 11.1 Å². The van der Waals surface area contributed by atoms with Crippen molar-refractivity contribution in [3.63, 3.8) is 0 Å². The zero-order valence-electron chi connectivity index (χ0n) is 13.0. The highest BCUT2D eigenvalue weighted by atomic mass is 35.5. The van der Waals surface area contributed by atoms with Crippen molar-refractivity contribution in [3.05, 3.63) is 56.8 Å². The molecule has 0 saturated heterocycles. The summed E-state index contributed by atoms with van der Waals surface area (Å²) in [5, 5.41) is 0.844. The molecule has 0 spiro atoms. The number of nitrogens with two attached hydrogens (primary N) is 1. The van der Waals surface area contributed by atoms with Crippen molar-refractivity contribution in [2.45, 2.75) is 19.9 Å². The van der Waals surface area contributed by atoms with Gasteiger partial charge in [-0.2, -0.15) is 0 Å². The van der Waals surface area contributed by atoms with Gasteiger partial charge in [-0.15, -0.1) is 0 Å². The minimum absolute atomic E-state index is 0.136. The first-order valence-corrected chi connectivity index (χ1v) is 8.01. The van der Waals surface area contributed by atoms with E-state index in [0.717, 1.165) is 6.07 Å². The molecule has 0 aliphatic heterocycles. The fourth-order valence-corrected chi connectivity index (χ4v) is 3.08. The molecule has 2 aromatic heterocycles. The number of hydrogen-bond acceptors (Lipinski definition) is 3. The molecule has 0 bridgehead atoms. The van der Waals surface area contributed by atoms with Gasteiger partial charge in [0.1, 0.15) is 11.0 Å². The number of nitrogens with zero attached hydrogens (tertiary/aromatic N) is 2. The predicted octanol–water partition coefficient (Wildman–Crippen LogP) is 4.67. The van der Waals surface area contributed by atoms with E-state index in [9.17, 15) is 9.18 Å². The normalized spacial score (nSPS) is 11.4. The maximum atomic E-state index is 13.9. The van der Waals surface area contributed by atoms with Crippen LogP contribution in [0.2, 0.25) is 10.2 Å². The van der Waals surface area contributed by atoms with Crippen molar-refractivity contribution in [2.75, 3.05) is 5.73 Å². The molecule has 0 aliphatic carbocycles. The highest BCUT2D eigenvalue weighted by molar-refractivity contribution is 6.33. The van der Waals surface area contributed by atoms with Crippen LogP contribution in [-0.4, -0.2) is 9.55 Å². The van der Waals surface area contributed by atoms with Crippen LogP contribution in [0.25, 0.3) is 22.0 Å². The third-order valence-electron chi connectivity index (χ3n) is 3.74. The van der Waals surface area contributed by atoms with E-state index in [0.29, 0.717) is 10.9 Å². The van der Waals surface area contributed by atoms with Crippen molar-refractivity contribution < 1.29 is 4.39 Å². The van der Waals surface area contributed by atoms with Crippen molar-refractivity contribution in [1.29, 1.82) is 0 Å². The van der Waals surface area contributed by atoms with Crippen LogP contribution < -0.4 is 11.3 Å². The molecular weight excluding hydrogens is 352 g/mol. The summed E-state index contributed by atoms with van der Waals surface area (Å²) in [6, 6.07) is 5.73. The molecule has 3 aromatic rings. The van der Waals surface area contributed by atoms with Gasteiger partial charge < -0.3 is 10.3 Å². The van der Waals surface area contributed by atoms with Gasteiger partial charge in [-0.25, -0.2) is 9.37 Å². The van der Waals surface area contributed by atoms with E-state index in [4.69, 9.17) is 28.9 Å². The lowest BCUT2D eigenvalue weighted by atomic mass is 10.0. The second-order valence-corrected chi connectivity index (χ2v) is 6.52. The van der Waals surface area contributed by atoms with E-state index in [1.54, 1.807) is 22.9 Å². The van der Waals surface area contributed by atoms with Gasteiger partial charge in [0.25, 0.3) is 5.56 Å². The van der Waals surface area contributed by atoms with Crippen LogP contribution in [0, 0.1) is 5.82 Å². The molecular formula is C17H14Cl2FN3O. The Morgan fingerprint density at radius 2 is 1.88 bits per heavy atom. The summed E-state index contributed by atoms with van der Waals surface area (Å²) in [6.07, 6.45) is 1.57. The Labute approximate surface area is 147 Å². The number of benzene rings is 1. The smallest absolute Gasteiger partial charge is 0.259 e. The van der Waals surface area contributed by atoms with Gasteiger partial charge in [-0.05, 0) is 38.1 Å². The second-order valence-electron chi connectivity index (χ2n) is 5.76. The molecule has 1 aromatic carbocycles. The average Bonchev–Trinajstić information content (AvgIpc) is 2.50. The molecule has 3 rings (SSSR count). The molecule has 0 amide bonds.